The number of carbonyl (C=O) groups excluding carboxylic acids is 1. The summed E-state index contributed by atoms with van der Waals surface area (Å²) in [6.45, 7) is 3.72. The van der Waals surface area contributed by atoms with E-state index in [9.17, 15) is 14.9 Å². The molecule has 1 aromatic heterocycles. The lowest BCUT2D eigenvalue weighted by Gasteiger charge is -2.12. The van der Waals surface area contributed by atoms with Crippen LogP contribution in [0.2, 0.25) is 0 Å². The molecule has 0 spiro atoms. The van der Waals surface area contributed by atoms with E-state index in [0.717, 1.165) is 10.7 Å². The molecule has 0 fully saturated rings. The number of nitrogens with one attached hydrogen (secondary N) is 1. The zero-order valence-electron chi connectivity index (χ0n) is 11.3. The van der Waals surface area contributed by atoms with E-state index >= 15 is 0 Å². The van der Waals surface area contributed by atoms with Crippen molar-refractivity contribution in [2.45, 2.75) is 19.9 Å². The first-order valence-corrected chi connectivity index (χ1v) is 8.01. The lowest BCUT2D eigenvalue weighted by molar-refractivity contribution is -0.384. The van der Waals surface area contributed by atoms with Crippen molar-refractivity contribution < 1.29 is 9.72 Å². The first-order chi connectivity index (χ1) is 9.88. The van der Waals surface area contributed by atoms with Gasteiger partial charge in [0.25, 0.3) is 11.6 Å². The molecule has 8 heteroatoms. The minimum Gasteiger partial charge on any atom is -0.343 e. The van der Waals surface area contributed by atoms with Crippen LogP contribution in [0.15, 0.2) is 23.6 Å². The molecule has 1 aromatic carbocycles. The van der Waals surface area contributed by atoms with Gasteiger partial charge in [-0.15, -0.1) is 11.3 Å². The second-order valence-corrected chi connectivity index (χ2v) is 6.50. The summed E-state index contributed by atoms with van der Waals surface area (Å²) in [7, 11) is 0. The van der Waals surface area contributed by atoms with E-state index in [-0.39, 0.29) is 17.6 Å². The highest BCUT2D eigenvalue weighted by Crippen LogP contribution is 2.22. The van der Waals surface area contributed by atoms with Crippen LogP contribution in [0.1, 0.15) is 34.0 Å². The van der Waals surface area contributed by atoms with Crippen molar-refractivity contribution in [3.8, 4) is 0 Å². The molecule has 0 saturated heterocycles. The van der Waals surface area contributed by atoms with Gasteiger partial charge in [0, 0.05) is 26.8 Å². The Hall–Kier alpha value is -1.55. The summed E-state index contributed by atoms with van der Waals surface area (Å²) in [6.07, 6.45) is 0. The molecule has 1 N–H and O–H groups in total. The summed E-state index contributed by atoms with van der Waals surface area (Å²) < 4.78 is 0.665. The van der Waals surface area contributed by atoms with Gasteiger partial charge in [-0.2, -0.15) is 0 Å². The van der Waals surface area contributed by atoms with Crippen LogP contribution >= 0.6 is 33.9 Å². The molecule has 110 valence electrons. The van der Waals surface area contributed by atoms with Gasteiger partial charge in [0.05, 0.1) is 16.5 Å². The van der Waals surface area contributed by atoms with Crippen LogP contribution in [-0.2, 0) is 0 Å². The van der Waals surface area contributed by atoms with Gasteiger partial charge >= 0.3 is 0 Å². The Morgan fingerprint density at radius 3 is 2.81 bits per heavy atom. The second-order valence-electron chi connectivity index (χ2n) is 4.44. The van der Waals surface area contributed by atoms with Gasteiger partial charge in [-0.25, -0.2) is 4.98 Å². The highest BCUT2D eigenvalue weighted by Gasteiger charge is 2.18. The molecule has 0 aliphatic rings. The zero-order chi connectivity index (χ0) is 15.6. The summed E-state index contributed by atoms with van der Waals surface area (Å²) in [4.78, 5) is 26.9. The van der Waals surface area contributed by atoms with Crippen molar-refractivity contribution in [1.82, 2.24) is 10.3 Å². The number of non-ortho nitro benzene ring substituents is 1. The van der Waals surface area contributed by atoms with Crippen molar-refractivity contribution in [2.75, 3.05) is 0 Å². The number of rotatable bonds is 4. The van der Waals surface area contributed by atoms with Gasteiger partial charge in [0.1, 0.15) is 5.01 Å². The number of thiazole rings is 1. The topological polar surface area (TPSA) is 85.1 Å². The largest absolute Gasteiger partial charge is 0.343 e. The Morgan fingerprint density at radius 1 is 1.52 bits per heavy atom. The minimum atomic E-state index is -0.513. The molecular weight excluding hydrogens is 405 g/mol. The normalized spacial score (nSPS) is 12.0. The highest BCUT2D eigenvalue weighted by atomic mass is 127. The number of carbonyl (C=O) groups is 1. The van der Waals surface area contributed by atoms with Crippen molar-refractivity contribution in [2.24, 2.45) is 0 Å². The molecule has 0 radical (unpaired) electrons. The smallest absolute Gasteiger partial charge is 0.270 e. The molecule has 2 rings (SSSR count). The minimum absolute atomic E-state index is 0.0988. The predicted molar refractivity (Wildman–Crippen MR) is 88.5 cm³/mol. The number of aromatic nitrogens is 1. The Balaban J connectivity index is 2.20. The van der Waals surface area contributed by atoms with Gasteiger partial charge in [-0.05, 0) is 42.5 Å². The first-order valence-electron chi connectivity index (χ1n) is 6.05. The summed E-state index contributed by atoms with van der Waals surface area (Å²) in [5, 5.41) is 16.3. The standard InChI is InChI=1S/C13H12IN3O3S/c1-7-6-21-13(15-7)8(2)16-12(18)10-5-9(17(19)20)3-4-11(10)14/h3-6,8H,1-2H3,(H,16,18). The van der Waals surface area contributed by atoms with Gasteiger partial charge in [-0.1, -0.05) is 0 Å². The Morgan fingerprint density at radius 2 is 2.24 bits per heavy atom. The average Bonchev–Trinajstić information content (AvgIpc) is 2.85. The van der Waals surface area contributed by atoms with Crippen LogP contribution in [0.25, 0.3) is 0 Å². The van der Waals surface area contributed by atoms with Crippen molar-refractivity contribution in [3.63, 3.8) is 0 Å². The predicted octanol–water partition coefficient (Wildman–Crippen LogP) is 3.46. The van der Waals surface area contributed by atoms with Crippen LogP contribution in [0.3, 0.4) is 0 Å². The van der Waals surface area contributed by atoms with Crippen molar-refractivity contribution in [1.29, 1.82) is 0 Å². The Bertz CT molecular complexity index is 702. The number of amides is 1. The van der Waals surface area contributed by atoms with Crippen LogP contribution in [0, 0.1) is 20.6 Å². The quantitative estimate of drug-likeness (QED) is 0.469. The third-order valence-corrected chi connectivity index (χ3v) is 4.85. The fraction of sp³-hybridized carbons (Fsp3) is 0.231. The fourth-order valence-electron chi connectivity index (χ4n) is 1.71. The van der Waals surface area contributed by atoms with E-state index in [1.54, 1.807) is 6.07 Å². The van der Waals surface area contributed by atoms with E-state index in [1.807, 2.05) is 41.8 Å². The number of benzene rings is 1. The van der Waals surface area contributed by atoms with E-state index in [1.165, 1.54) is 23.5 Å². The summed E-state index contributed by atoms with van der Waals surface area (Å²) in [5.41, 5.74) is 1.10. The van der Waals surface area contributed by atoms with Crippen LogP contribution in [0.4, 0.5) is 5.69 Å². The van der Waals surface area contributed by atoms with Crippen LogP contribution in [0.5, 0.6) is 0 Å². The number of hydrogen-bond acceptors (Lipinski definition) is 5. The molecule has 2 aromatic rings. The summed E-state index contributed by atoms with van der Waals surface area (Å²) in [5.74, 6) is -0.344. The molecule has 6 nitrogen and oxygen atoms in total. The van der Waals surface area contributed by atoms with E-state index in [2.05, 4.69) is 10.3 Å². The van der Waals surface area contributed by atoms with Gasteiger partial charge in [0.15, 0.2) is 0 Å². The van der Waals surface area contributed by atoms with Crippen LogP contribution < -0.4 is 5.32 Å². The highest BCUT2D eigenvalue weighted by molar-refractivity contribution is 14.1. The molecule has 0 aliphatic heterocycles. The molecule has 0 saturated carbocycles. The number of aryl methyl sites for hydroxylation is 1. The number of hydrogen-bond donors (Lipinski definition) is 1. The Kier molecular flexibility index (Phi) is 4.88. The molecule has 1 atom stereocenters. The Labute approximate surface area is 138 Å². The summed E-state index contributed by atoms with van der Waals surface area (Å²) in [6, 6.07) is 3.99. The maximum absolute atomic E-state index is 12.3. The number of nitrogens with zero attached hydrogens (tertiary/aromatic N) is 2. The van der Waals surface area contributed by atoms with E-state index in [4.69, 9.17) is 0 Å². The van der Waals surface area contributed by atoms with Gasteiger partial charge in [0.2, 0.25) is 0 Å². The number of nitro groups is 1. The SMILES string of the molecule is Cc1csc(C(C)NC(=O)c2cc([N+](=O)[O-])ccc2I)n1. The van der Waals surface area contributed by atoms with E-state index in [0.29, 0.717) is 9.13 Å². The van der Waals surface area contributed by atoms with Gasteiger partial charge < -0.3 is 5.32 Å². The zero-order valence-corrected chi connectivity index (χ0v) is 14.3. The third kappa shape index (κ3) is 3.76. The molecule has 0 aliphatic carbocycles. The third-order valence-electron chi connectivity index (χ3n) is 2.76. The van der Waals surface area contributed by atoms with Gasteiger partial charge in [-0.3, -0.25) is 14.9 Å². The monoisotopic (exact) mass is 417 g/mol. The maximum Gasteiger partial charge on any atom is 0.270 e. The molecule has 1 amide bonds. The molecule has 21 heavy (non-hydrogen) atoms. The summed E-state index contributed by atoms with van der Waals surface area (Å²) >= 11 is 3.46. The fourth-order valence-corrected chi connectivity index (χ4v) is 3.09. The van der Waals surface area contributed by atoms with E-state index < -0.39 is 4.92 Å². The average molecular weight is 417 g/mol. The van der Waals surface area contributed by atoms with Crippen LogP contribution in [-0.4, -0.2) is 15.8 Å². The number of halogens is 1. The van der Waals surface area contributed by atoms with Crippen molar-refractivity contribution in [3.05, 3.63) is 53.5 Å². The van der Waals surface area contributed by atoms with Crippen molar-refractivity contribution >= 4 is 45.5 Å². The second kappa shape index (κ2) is 6.48. The maximum atomic E-state index is 12.3. The molecule has 1 unspecified atom stereocenters. The molecule has 1 heterocycles. The lowest BCUT2D eigenvalue weighted by atomic mass is 10.2. The molecular formula is C13H12IN3O3S. The molecule has 0 bridgehead atoms. The number of nitro benzene ring substituents is 1. The first kappa shape index (κ1) is 15.8. The lowest BCUT2D eigenvalue weighted by Crippen LogP contribution is -2.27.